The molecule has 1 aliphatic rings. The average Bonchev–Trinajstić information content (AvgIpc) is 3.15. The van der Waals surface area contributed by atoms with Gasteiger partial charge in [0.05, 0.1) is 15.1 Å². The third kappa shape index (κ3) is 4.41. The first-order valence-electron chi connectivity index (χ1n) is 8.96. The second-order valence-corrected chi connectivity index (χ2v) is 7.96. The molecule has 0 atom stereocenters. The molecule has 2 heterocycles. The number of nitro groups is 1. The molecule has 0 N–H and O–H groups in total. The minimum Gasteiger partial charge on any atom is -0.484 e. The normalized spacial score (nSPS) is 14.2. The van der Waals surface area contributed by atoms with Gasteiger partial charge in [-0.25, -0.2) is 4.98 Å². The number of aromatic nitrogens is 1. The molecule has 8 nitrogen and oxygen atoms in total. The number of carbonyl (C=O) groups excluding carboxylic acids is 1. The number of nitrogens with zero attached hydrogens (tertiary/aromatic N) is 4. The third-order valence-electron chi connectivity index (χ3n) is 4.65. The first-order valence-corrected chi connectivity index (χ1v) is 10.1. The van der Waals surface area contributed by atoms with Crippen LogP contribution in [0.5, 0.6) is 5.75 Å². The Morgan fingerprint density at radius 2 is 1.90 bits per heavy atom. The van der Waals surface area contributed by atoms with Crippen LogP contribution in [0.25, 0.3) is 10.2 Å². The predicted octanol–water partition coefficient (Wildman–Crippen LogP) is 3.59. The van der Waals surface area contributed by atoms with Crippen molar-refractivity contribution >= 4 is 49.9 Å². The second kappa shape index (κ2) is 8.22. The summed E-state index contributed by atoms with van der Waals surface area (Å²) < 4.78 is 6.51. The number of piperazine rings is 1. The monoisotopic (exact) mass is 432 g/mol. The first kappa shape index (κ1) is 19.4. The van der Waals surface area contributed by atoms with Crippen molar-refractivity contribution in [1.82, 2.24) is 9.88 Å². The Morgan fingerprint density at radius 3 is 2.59 bits per heavy atom. The van der Waals surface area contributed by atoms with Crippen molar-refractivity contribution in [2.24, 2.45) is 0 Å². The fourth-order valence-electron chi connectivity index (χ4n) is 3.07. The van der Waals surface area contributed by atoms with E-state index in [2.05, 4.69) is 9.88 Å². The number of anilines is 1. The Balaban J connectivity index is 1.30. The zero-order valence-electron chi connectivity index (χ0n) is 15.3. The predicted molar refractivity (Wildman–Crippen MR) is 112 cm³/mol. The molecule has 0 unspecified atom stereocenters. The van der Waals surface area contributed by atoms with Crippen LogP contribution in [-0.4, -0.2) is 53.5 Å². The summed E-state index contributed by atoms with van der Waals surface area (Å²) in [6, 6.07) is 11.3. The SMILES string of the molecule is O=C(COc1ccc([N+](=O)[O-])cc1)N1CCN(c2nc3ccc(Cl)cc3s2)CC1. The van der Waals surface area contributed by atoms with Gasteiger partial charge in [-0.3, -0.25) is 14.9 Å². The number of ether oxygens (including phenoxy) is 1. The standard InChI is InChI=1S/C19H17ClN4O4S/c20-13-1-6-16-17(11-13)29-19(21-16)23-9-7-22(8-10-23)18(25)12-28-15-4-2-14(3-5-15)24(26)27/h1-6,11H,7-10,12H2. The van der Waals surface area contributed by atoms with Crippen molar-refractivity contribution in [3.8, 4) is 5.75 Å². The van der Waals surface area contributed by atoms with Crippen LogP contribution in [0.1, 0.15) is 0 Å². The van der Waals surface area contributed by atoms with Gasteiger partial charge in [-0.05, 0) is 30.3 Å². The number of non-ortho nitro benzene ring substituents is 1. The van der Waals surface area contributed by atoms with Crippen molar-refractivity contribution in [1.29, 1.82) is 0 Å². The third-order valence-corrected chi connectivity index (χ3v) is 5.97. The molecule has 10 heteroatoms. The number of hydrogen-bond acceptors (Lipinski definition) is 7. The number of amides is 1. The number of nitro benzene ring substituents is 1. The Kier molecular flexibility index (Phi) is 5.50. The number of benzene rings is 2. The number of halogens is 1. The number of hydrogen-bond donors (Lipinski definition) is 0. The van der Waals surface area contributed by atoms with Gasteiger partial charge in [0, 0.05) is 43.3 Å². The molecular weight excluding hydrogens is 416 g/mol. The highest BCUT2D eigenvalue weighted by Crippen LogP contribution is 2.31. The van der Waals surface area contributed by atoms with Gasteiger partial charge in [0.15, 0.2) is 11.7 Å². The molecule has 0 spiro atoms. The molecule has 1 aromatic heterocycles. The summed E-state index contributed by atoms with van der Waals surface area (Å²) in [6.07, 6.45) is 0. The van der Waals surface area contributed by atoms with Gasteiger partial charge in [0.25, 0.3) is 11.6 Å². The molecule has 4 rings (SSSR count). The molecular formula is C19H17ClN4O4S. The van der Waals surface area contributed by atoms with E-state index in [0.29, 0.717) is 37.0 Å². The van der Waals surface area contributed by atoms with Crippen molar-refractivity contribution in [3.63, 3.8) is 0 Å². The number of fused-ring (bicyclic) bond motifs is 1. The zero-order valence-corrected chi connectivity index (χ0v) is 16.9. The molecule has 0 aliphatic carbocycles. The van der Waals surface area contributed by atoms with Crippen LogP contribution in [-0.2, 0) is 4.79 Å². The molecule has 1 aliphatic heterocycles. The van der Waals surface area contributed by atoms with Gasteiger partial charge in [0.1, 0.15) is 5.75 Å². The Bertz CT molecular complexity index is 1050. The van der Waals surface area contributed by atoms with Crippen LogP contribution >= 0.6 is 22.9 Å². The van der Waals surface area contributed by atoms with Crippen LogP contribution in [0, 0.1) is 10.1 Å². The van der Waals surface area contributed by atoms with E-state index in [9.17, 15) is 14.9 Å². The van der Waals surface area contributed by atoms with E-state index in [1.165, 1.54) is 24.3 Å². The maximum absolute atomic E-state index is 12.4. The Hall–Kier alpha value is -2.91. The molecule has 0 bridgehead atoms. The lowest BCUT2D eigenvalue weighted by molar-refractivity contribution is -0.384. The van der Waals surface area contributed by atoms with Gasteiger partial charge < -0.3 is 14.5 Å². The molecule has 29 heavy (non-hydrogen) atoms. The number of rotatable bonds is 5. The second-order valence-electron chi connectivity index (χ2n) is 6.52. The van der Waals surface area contributed by atoms with Gasteiger partial charge in [-0.15, -0.1) is 0 Å². The molecule has 2 aromatic carbocycles. The van der Waals surface area contributed by atoms with Crippen LogP contribution in [0.4, 0.5) is 10.8 Å². The first-order chi connectivity index (χ1) is 14.0. The van der Waals surface area contributed by atoms with E-state index in [1.54, 1.807) is 16.2 Å². The zero-order chi connectivity index (χ0) is 20.4. The highest BCUT2D eigenvalue weighted by atomic mass is 35.5. The topological polar surface area (TPSA) is 88.8 Å². The fourth-order valence-corrected chi connectivity index (χ4v) is 4.36. The summed E-state index contributed by atoms with van der Waals surface area (Å²) in [5.74, 6) is 0.315. The van der Waals surface area contributed by atoms with Gasteiger partial charge in [0.2, 0.25) is 0 Å². The van der Waals surface area contributed by atoms with E-state index >= 15 is 0 Å². The maximum atomic E-state index is 12.4. The molecule has 0 radical (unpaired) electrons. The van der Waals surface area contributed by atoms with Gasteiger partial charge >= 0.3 is 0 Å². The lowest BCUT2D eigenvalue weighted by Gasteiger charge is -2.34. The number of thiazole rings is 1. The van der Waals surface area contributed by atoms with Crippen LogP contribution in [0.3, 0.4) is 0 Å². The highest BCUT2D eigenvalue weighted by Gasteiger charge is 2.23. The smallest absolute Gasteiger partial charge is 0.269 e. The van der Waals surface area contributed by atoms with E-state index in [1.807, 2.05) is 18.2 Å². The summed E-state index contributed by atoms with van der Waals surface area (Å²) >= 11 is 7.64. The molecule has 1 fully saturated rings. The Morgan fingerprint density at radius 1 is 1.17 bits per heavy atom. The minimum absolute atomic E-state index is 0.0167. The number of carbonyl (C=O) groups is 1. The lowest BCUT2D eigenvalue weighted by atomic mass is 10.3. The van der Waals surface area contributed by atoms with E-state index in [0.717, 1.165) is 15.3 Å². The molecule has 3 aromatic rings. The quantitative estimate of drug-likeness (QED) is 0.452. The van der Waals surface area contributed by atoms with E-state index in [-0.39, 0.29) is 18.2 Å². The Labute approximate surface area is 175 Å². The van der Waals surface area contributed by atoms with E-state index < -0.39 is 4.92 Å². The van der Waals surface area contributed by atoms with Crippen molar-refractivity contribution < 1.29 is 14.5 Å². The van der Waals surface area contributed by atoms with Crippen molar-refractivity contribution in [2.75, 3.05) is 37.7 Å². The summed E-state index contributed by atoms with van der Waals surface area (Å²) in [7, 11) is 0. The summed E-state index contributed by atoms with van der Waals surface area (Å²) in [5, 5.41) is 12.3. The lowest BCUT2D eigenvalue weighted by Crippen LogP contribution is -2.50. The highest BCUT2D eigenvalue weighted by molar-refractivity contribution is 7.22. The van der Waals surface area contributed by atoms with Crippen molar-refractivity contribution in [3.05, 3.63) is 57.6 Å². The molecule has 0 saturated carbocycles. The molecule has 150 valence electrons. The van der Waals surface area contributed by atoms with Gasteiger partial charge in [-0.2, -0.15) is 0 Å². The van der Waals surface area contributed by atoms with Crippen LogP contribution < -0.4 is 9.64 Å². The largest absolute Gasteiger partial charge is 0.484 e. The minimum atomic E-state index is -0.478. The fraction of sp³-hybridized carbons (Fsp3) is 0.263. The van der Waals surface area contributed by atoms with Gasteiger partial charge in [-0.1, -0.05) is 22.9 Å². The summed E-state index contributed by atoms with van der Waals surface area (Å²) in [5.41, 5.74) is 0.904. The van der Waals surface area contributed by atoms with E-state index in [4.69, 9.17) is 16.3 Å². The molecule has 1 saturated heterocycles. The summed E-state index contributed by atoms with van der Waals surface area (Å²) in [4.78, 5) is 31.2. The maximum Gasteiger partial charge on any atom is 0.269 e. The van der Waals surface area contributed by atoms with Crippen LogP contribution in [0.15, 0.2) is 42.5 Å². The van der Waals surface area contributed by atoms with Crippen molar-refractivity contribution in [2.45, 2.75) is 0 Å². The van der Waals surface area contributed by atoms with Crippen LogP contribution in [0.2, 0.25) is 5.02 Å². The summed E-state index contributed by atoms with van der Waals surface area (Å²) in [6.45, 7) is 2.45. The molecule has 1 amide bonds. The average molecular weight is 433 g/mol.